The van der Waals surface area contributed by atoms with E-state index in [2.05, 4.69) is 14.7 Å². The van der Waals surface area contributed by atoms with Crippen LogP contribution in [-0.4, -0.2) is 39.6 Å². The summed E-state index contributed by atoms with van der Waals surface area (Å²) in [4.78, 5) is 18.4. The number of nitrogens with one attached hydrogen (secondary N) is 1. The third-order valence-corrected chi connectivity index (χ3v) is 4.77. The van der Waals surface area contributed by atoms with E-state index in [0.717, 1.165) is 18.2 Å². The molecule has 11 heteroatoms. The van der Waals surface area contributed by atoms with Crippen LogP contribution in [0.15, 0.2) is 48.5 Å². The van der Waals surface area contributed by atoms with Gasteiger partial charge in [-0.15, -0.1) is 13.2 Å². The summed E-state index contributed by atoms with van der Waals surface area (Å²) < 4.78 is 61.4. The number of fused-ring (bicyclic) bond motifs is 1. The van der Waals surface area contributed by atoms with Crippen molar-refractivity contribution in [3.05, 3.63) is 60.0 Å². The summed E-state index contributed by atoms with van der Waals surface area (Å²) in [5.74, 6) is -3.12. The Morgan fingerprint density at radius 1 is 1.09 bits per heavy atom. The van der Waals surface area contributed by atoms with Crippen LogP contribution in [0.1, 0.15) is 10.5 Å². The lowest BCUT2D eigenvalue weighted by molar-refractivity contribution is -0.274. The first-order valence-electron chi connectivity index (χ1n) is 9.26. The van der Waals surface area contributed by atoms with Gasteiger partial charge >= 0.3 is 12.3 Å². The van der Waals surface area contributed by atoms with Gasteiger partial charge in [0.25, 0.3) is 0 Å². The number of halogens is 4. The zero-order valence-electron chi connectivity index (χ0n) is 16.7. The molecule has 3 N–H and O–H groups in total. The summed E-state index contributed by atoms with van der Waals surface area (Å²) in [6, 6.07) is 10.00. The number of hydrogen-bond acceptors (Lipinski definition) is 5. The van der Waals surface area contributed by atoms with Gasteiger partial charge in [0.15, 0.2) is 0 Å². The Hall–Kier alpha value is -4.28. The number of benzene rings is 2. The molecule has 0 amide bonds. The van der Waals surface area contributed by atoms with Gasteiger partial charge in [-0.3, -0.25) is 0 Å². The van der Waals surface area contributed by atoms with Crippen LogP contribution in [0, 0.1) is 5.82 Å². The number of methoxy groups -OCH3 is 1. The molecular weight excluding hydrogens is 448 g/mol. The fourth-order valence-corrected chi connectivity index (χ4v) is 3.39. The van der Waals surface area contributed by atoms with E-state index in [1.54, 1.807) is 0 Å². The summed E-state index contributed by atoms with van der Waals surface area (Å²) in [6.45, 7) is 0. The number of rotatable bonds is 5. The molecule has 33 heavy (non-hydrogen) atoms. The van der Waals surface area contributed by atoms with Gasteiger partial charge in [-0.2, -0.15) is 0 Å². The number of hydrogen-bond donors (Lipinski definition) is 3. The van der Waals surface area contributed by atoms with Gasteiger partial charge in [0.1, 0.15) is 40.3 Å². The van der Waals surface area contributed by atoms with Crippen molar-refractivity contribution in [3.63, 3.8) is 0 Å². The van der Waals surface area contributed by atoms with Crippen LogP contribution in [0.25, 0.3) is 33.8 Å². The molecule has 0 saturated heterocycles. The number of aromatic nitrogens is 2. The molecule has 2 aromatic carbocycles. The molecule has 0 radical (unpaired) electrons. The standard InChI is InChI=1S/C22H14F4N2O5/c1-32-16-9-15(29)18-17(16)19(21(30)31)28-20(27-18)13-6-5-11(8-14(13)23)10-3-2-4-12(7-10)33-22(24,25)26/h2-9,29H,1H3,(H,27,28)(H,30,31). The second kappa shape index (κ2) is 8.01. The number of ether oxygens (including phenoxy) is 2. The van der Waals surface area contributed by atoms with Crippen molar-refractivity contribution in [2.45, 2.75) is 6.36 Å². The number of alkyl halides is 3. The minimum absolute atomic E-state index is 0.0183. The van der Waals surface area contributed by atoms with E-state index in [1.807, 2.05) is 0 Å². The van der Waals surface area contributed by atoms with Gasteiger partial charge in [0.05, 0.1) is 18.2 Å². The predicted molar refractivity (Wildman–Crippen MR) is 108 cm³/mol. The van der Waals surface area contributed by atoms with Gasteiger partial charge < -0.3 is 24.7 Å². The average molecular weight is 462 g/mol. The monoisotopic (exact) mass is 462 g/mol. The molecule has 1 aliphatic heterocycles. The molecule has 170 valence electrons. The third kappa shape index (κ3) is 4.25. The highest BCUT2D eigenvalue weighted by molar-refractivity contribution is 5.98. The van der Waals surface area contributed by atoms with Crippen LogP contribution in [0.2, 0.25) is 0 Å². The third-order valence-electron chi connectivity index (χ3n) is 4.77. The minimum Gasteiger partial charge on any atom is -0.506 e. The van der Waals surface area contributed by atoms with Crippen molar-refractivity contribution in [1.29, 1.82) is 0 Å². The van der Waals surface area contributed by atoms with E-state index >= 15 is 0 Å². The van der Waals surface area contributed by atoms with Crippen molar-refractivity contribution in [1.82, 2.24) is 9.97 Å². The van der Waals surface area contributed by atoms with Crippen molar-refractivity contribution < 1.29 is 42.0 Å². The smallest absolute Gasteiger partial charge is 0.506 e. The maximum Gasteiger partial charge on any atom is 0.573 e. The maximum absolute atomic E-state index is 15.0. The van der Waals surface area contributed by atoms with E-state index in [9.17, 15) is 32.6 Å². The number of carboxylic acids is 1. The van der Waals surface area contributed by atoms with Crippen LogP contribution in [0.4, 0.5) is 17.6 Å². The first-order chi connectivity index (χ1) is 15.6. The zero-order valence-corrected chi connectivity index (χ0v) is 16.7. The predicted octanol–water partition coefficient (Wildman–Crippen LogP) is 5.30. The lowest BCUT2D eigenvalue weighted by Gasteiger charge is -2.13. The highest BCUT2D eigenvalue weighted by atomic mass is 19.4. The summed E-state index contributed by atoms with van der Waals surface area (Å²) in [5, 5.41) is 19.7. The Morgan fingerprint density at radius 3 is 2.45 bits per heavy atom. The van der Waals surface area contributed by atoms with E-state index in [0.29, 0.717) is 0 Å². The molecule has 7 nitrogen and oxygen atoms in total. The number of H-pyrrole nitrogens is 1. The molecule has 0 saturated carbocycles. The van der Waals surface area contributed by atoms with E-state index in [4.69, 9.17) is 4.74 Å². The summed E-state index contributed by atoms with van der Waals surface area (Å²) in [5.41, 5.74) is -0.0539. The van der Waals surface area contributed by atoms with Crippen LogP contribution >= 0.6 is 0 Å². The normalized spacial score (nSPS) is 11.5. The molecule has 1 aliphatic carbocycles. The van der Waals surface area contributed by atoms with Gasteiger partial charge in [0, 0.05) is 6.07 Å². The van der Waals surface area contributed by atoms with Crippen molar-refractivity contribution in [2.75, 3.05) is 7.11 Å². The number of aromatic amines is 1. The van der Waals surface area contributed by atoms with Gasteiger partial charge in [-0.1, -0.05) is 18.2 Å². The summed E-state index contributed by atoms with van der Waals surface area (Å²) in [6.07, 6.45) is -4.87. The molecule has 0 unspecified atom stereocenters. The topological polar surface area (TPSA) is 105 Å². The van der Waals surface area contributed by atoms with Crippen LogP contribution in [-0.2, 0) is 0 Å². The molecule has 0 atom stereocenters. The molecule has 0 spiro atoms. The van der Waals surface area contributed by atoms with Gasteiger partial charge in [0.2, 0.25) is 0 Å². The first-order valence-corrected chi connectivity index (χ1v) is 9.26. The van der Waals surface area contributed by atoms with Crippen molar-refractivity contribution >= 4 is 5.97 Å². The molecule has 2 aromatic rings. The Bertz CT molecular complexity index is 1330. The zero-order chi connectivity index (χ0) is 23.9. The van der Waals surface area contributed by atoms with E-state index in [-0.39, 0.29) is 51.0 Å². The second-order valence-corrected chi connectivity index (χ2v) is 6.86. The van der Waals surface area contributed by atoms with Crippen LogP contribution in [0.5, 0.6) is 17.2 Å². The second-order valence-electron chi connectivity index (χ2n) is 6.86. The SMILES string of the molecule is COc1cc(O)c2nc(-c3ccc(-c4cccc(OC(F)(F)F)c4)cc3F)[nH]c(C(=O)O)c1-2. The van der Waals surface area contributed by atoms with E-state index < -0.39 is 23.9 Å². The number of carbonyl (C=O) groups is 1. The Balaban J connectivity index is 1.78. The minimum atomic E-state index is -4.87. The van der Waals surface area contributed by atoms with Crippen LogP contribution < -0.4 is 9.47 Å². The molecular formula is C22H14F4N2O5. The van der Waals surface area contributed by atoms with Gasteiger partial charge in [-0.05, 0) is 35.4 Å². The lowest BCUT2D eigenvalue weighted by Crippen LogP contribution is -2.17. The van der Waals surface area contributed by atoms with Crippen molar-refractivity contribution in [3.8, 4) is 51.0 Å². The molecule has 0 aromatic heterocycles. The molecule has 0 fully saturated rings. The summed E-state index contributed by atoms with van der Waals surface area (Å²) in [7, 11) is 1.29. The lowest BCUT2D eigenvalue weighted by atomic mass is 10.0. The maximum atomic E-state index is 15.0. The Kier molecular flexibility index (Phi) is 5.32. The van der Waals surface area contributed by atoms with Crippen LogP contribution in [0.3, 0.4) is 0 Å². The Labute approximate surface area is 183 Å². The van der Waals surface area contributed by atoms with Crippen molar-refractivity contribution in [2.24, 2.45) is 0 Å². The highest BCUT2D eigenvalue weighted by Crippen LogP contribution is 2.44. The molecule has 2 aliphatic rings. The molecule has 1 heterocycles. The number of nitrogens with zero attached hydrogens (tertiary/aromatic N) is 1. The van der Waals surface area contributed by atoms with Gasteiger partial charge in [-0.25, -0.2) is 14.2 Å². The number of carboxylic acid groups (broad SMARTS) is 1. The molecule has 4 rings (SSSR count). The quantitative estimate of drug-likeness (QED) is 0.348. The fraction of sp³-hybridized carbons (Fsp3) is 0.0909. The number of aromatic hydroxyl groups is 1. The number of aromatic carboxylic acids is 1. The highest BCUT2D eigenvalue weighted by Gasteiger charge is 2.31. The first kappa shape index (κ1) is 21.9. The van der Waals surface area contributed by atoms with E-state index in [1.165, 1.54) is 37.4 Å². The fourth-order valence-electron chi connectivity index (χ4n) is 3.39. The Morgan fingerprint density at radius 2 is 1.82 bits per heavy atom. The summed E-state index contributed by atoms with van der Waals surface area (Å²) >= 11 is 0. The molecule has 0 bridgehead atoms. The average Bonchev–Trinajstić information content (AvgIpc) is 3.07. The largest absolute Gasteiger partial charge is 0.573 e.